The summed E-state index contributed by atoms with van der Waals surface area (Å²) in [5.74, 6) is 1.26. The van der Waals surface area contributed by atoms with Crippen LogP contribution in [0.25, 0.3) is 0 Å². The van der Waals surface area contributed by atoms with Gasteiger partial charge in [-0.05, 0) is 87.4 Å². The molecule has 1 aliphatic heterocycles. The molecule has 4 nitrogen and oxygen atoms in total. The van der Waals surface area contributed by atoms with Crippen molar-refractivity contribution in [2.45, 2.75) is 59.6 Å². The highest BCUT2D eigenvalue weighted by Crippen LogP contribution is 2.27. The Morgan fingerprint density at radius 1 is 1.17 bits per heavy atom. The van der Waals surface area contributed by atoms with E-state index < -0.39 is 6.10 Å². The summed E-state index contributed by atoms with van der Waals surface area (Å²) in [4.78, 5) is 15.1. The number of rotatable bonds is 6. The van der Waals surface area contributed by atoms with Gasteiger partial charge in [0, 0.05) is 23.8 Å². The number of amides is 1. The van der Waals surface area contributed by atoms with Crippen LogP contribution in [-0.2, 0) is 4.79 Å². The maximum atomic E-state index is 12.6. The Morgan fingerprint density at radius 2 is 1.80 bits per heavy atom. The third-order valence-electron chi connectivity index (χ3n) is 5.87. The van der Waals surface area contributed by atoms with Gasteiger partial charge in [-0.3, -0.25) is 4.79 Å². The van der Waals surface area contributed by atoms with Crippen LogP contribution in [0.4, 0.5) is 5.69 Å². The van der Waals surface area contributed by atoms with Crippen molar-refractivity contribution in [1.82, 2.24) is 5.32 Å². The van der Waals surface area contributed by atoms with Crippen molar-refractivity contribution in [3.05, 3.63) is 58.1 Å². The minimum absolute atomic E-state index is 0.0911. The second-order valence-corrected chi connectivity index (χ2v) is 9.02. The fraction of sp³-hybridized carbons (Fsp3) is 0.480. The van der Waals surface area contributed by atoms with Gasteiger partial charge in [-0.15, -0.1) is 0 Å². The van der Waals surface area contributed by atoms with Crippen LogP contribution in [0.5, 0.6) is 5.75 Å². The lowest BCUT2D eigenvalue weighted by molar-refractivity contribution is -0.127. The first-order chi connectivity index (χ1) is 14.2. The molecule has 1 aliphatic rings. The molecule has 0 bridgehead atoms. The number of hydrogen-bond acceptors (Lipinski definition) is 3. The summed E-state index contributed by atoms with van der Waals surface area (Å²) in [5, 5.41) is 3.79. The van der Waals surface area contributed by atoms with Gasteiger partial charge in [-0.2, -0.15) is 0 Å². The van der Waals surface area contributed by atoms with Gasteiger partial charge in [0.25, 0.3) is 5.91 Å². The lowest BCUT2D eigenvalue weighted by Crippen LogP contribution is -2.37. The molecular formula is C25H33ClN2O2. The largest absolute Gasteiger partial charge is 0.481 e. The predicted molar refractivity (Wildman–Crippen MR) is 125 cm³/mol. The third-order valence-corrected chi connectivity index (χ3v) is 6.46. The van der Waals surface area contributed by atoms with E-state index in [0.29, 0.717) is 5.75 Å². The second-order valence-electron chi connectivity index (χ2n) is 8.65. The van der Waals surface area contributed by atoms with Crippen molar-refractivity contribution in [3.63, 3.8) is 0 Å². The standard InChI is InChI=1S/C25H33ClN2O2/c1-16-7-6-12-28(15-16)22-10-8-21(9-11-22)19(4)27-25(29)20(5)30-23-13-17(2)24(26)18(3)14-23/h8-11,13-14,16,19-20H,6-7,12,15H2,1-5H3,(H,27,29)/t16-,19-,20+/m0/s1. The first kappa shape index (κ1) is 22.5. The molecule has 1 saturated heterocycles. The van der Waals surface area contributed by atoms with Crippen molar-refractivity contribution in [2.75, 3.05) is 18.0 Å². The van der Waals surface area contributed by atoms with Crippen LogP contribution >= 0.6 is 11.6 Å². The molecule has 0 spiro atoms. The summed E-state index contributed by atoms with van der Waals surface area (Å²) >= 11 is 6.22. The Kier molecular flexibility index (Phi) is 7.30. The molecule has 5 heteroatoms. The number of piperidine rings is 1. The third kappa shape index (κ3) is 5.48. The lowest BCUT2D eigenvalue weighted by Gasteiger charge is -2.33. The topological polar surface area (TPSA) is 41.6 Å². The van der Waals surface area contributed by atoms with Crippen molar-refractivity contribution in [3.8, 4) is 5.75 Å². The van der Waals surface area contributed by atoms with Crippen LogP contribution in [0.3, 0.4) is 0 Å². The van der Waals surface area contributed by atoms with E-state index in [4.69, 9.17) is 16.3 Å². The molecule has 162 valence electrons. The number of ether oxygens (including phenoxy) is 1. The number of aryl methyl sites for hydroxylation is 2. The first-order valence-corrected chi connectivity index (χ1v) is 11.2. The molecule has 0 aromatic heterocycles. The molecule has 1 heterocycles. The average Bonchev–Trinajstić information content (AvgIpc) is 2.72. The number of benzene rings is 2. The normalized spacial score (nSPS) is 18.6. The SMILES string of the molecule is Cc1cc(O[C@H](C)C(=O)N[C@@H](C)c2ccc(N3CCC[C@H](C)C3)cc2)cc(C)c1Cl. The van der Waals surface area contributed by atoms with Gasteiger partial charge in [0.05, 0.1) is 6.04 Å². The summed E-state index contributed by atoms with van der Waals surface area (Å²) in [6.45, 7) is 12.2. The van der Waals surface area contributed by atoms with Gasteiger partial charge >= 0.3 is 0 Å². The molecule has 3 atom stereocenters. The summed E-state index contributed by atoms with van der Waals surface area (Å²) in [7, 11) is 0. The van der Waals surface area contributed by atoms with Crippen molar-refractivity contribution in [1.29, 1.82) is 0 Å². The molecular weight excluding hydrogens is 396 g/mol. The second kappa shape index (κ2) is 9.74. The Balaban J connectivity index is 1.58. The molecule has 0 aliphatic carbocycles. The number of anilines is 1. The number of carbonyl (C=O) groups excluding carboxylic acids is 1. The van der Waals surface area contributed by atoms with E-state index in [9.17, 15) is 4.79 Å². The smallest absolute Gasteiger partial charge is 0.261 e. The fourth-order valence-electron chi connectivity index (χ4n) is 4.04. The van der Waals surface area contributed by atoms with E-state index in [2.05, 4.69) is 41.4 Å². The lowest BCUT2D eigenvalue weighted by atomic mass is 9.99. The minimum atomic E-state index is -0.596. The Hall–Kier alpha value is -2.20. The molecule has 1 N–H and O–H groups in total. The zero-order chi connectivity index (χ0) is 21.8. The van der Waals surface area contributed by atoms with Gasteiger partial charge < -0.3 is 15.0 Å². The minimum Gasteiger partial charge on any atom is -0.481 e. The number of carbonyl (C=O) groups is 1. The zero-order valence-electron chi connectivity index (χ0n) is 18.7. The van der Waals surface area contributed by atoms with Crippen molar-refractivity contribution in [2.24, 2.45) is 5.92 Å². The number of nitrogens with one attached hydrogen (secondary N) is 1. The highest BCUT2D eigenvalue weighted by Gasteiger charge is 2.20. The Morgan fingerprint density at radius 3 is 2.40 bits per heavy atom. The van der Waals surface area contributed by atoms with Crippen LogP contribution in [0.15, 0.2) is 36.4 Å². The van der Waals surface area contributed by atoms with Crippen LogP contribution in [0, 0.1) is 19.8 Å². The van der Waals surface area contributed by atoms with Gasteiger partial charge in [-0.25, -0.2) is 0 Å². The van der Waals surface area contributed by atoms with E-state index in [1.165, 1.54) is 18.5 Å². The van der Waals surface area contributed by atoms with Crippen LogP contribution in [0.2, 0.25) is 5.02 Å². The van der Waals surface area contributed by atoms with E-state index in [-0.39, 0.29) is 11.9 Å². The zero-order valence-corrected chi connectivity index (χ0v) is 19.4. The molecule has 0 unspecified atom stereocenters. The molecule has 30 heavy (non-hydrogen) atoms. The Bertz CT molecular complexity index is 858. The molecule has 3 rings (SSSR count). The quantitative estimate of drug-likeness (QED) is 0.628. The molecule has 2 aromatic carbocycles. The maximum Gasteiger partial charge on any atom is 0.261 e. The van der Waals surface area contributed by atoms with Gasteiger partial charge in [-0.1, -0.05) is 30.7 Å². The van der Waals surface area contributed by atoms with Crippen LogP contribution in [-0.4, -0.2) is 25.1 Å². The highest BCUT2D eigenvalue weighted by molar-refractivity contribution is 6.32. The van der Waals surface area contributed by atoms with Crippen LogP contribution in [0.1, 0.15) is 56.3 Å². The van der Waals surface area contributed by atoms with Crippen molar-refractivity contribution < 1.29 is 9.53 Å². The van der Waals surface area contributed by atoms with Crippen LogP contribution < -0.4 is 15.0 Å². The number of nitrogens with zero attached hydrogens (tertiary/aromatic N) is 1. The Labute approximate surface area is 185 Å². The summed E-state index contributed by atoms with van der Waals surface area (Å²) < 4.78 is 5.86. The molecule has 2 aromatic rings. The predicted octanol–water partition coefficient (Wildman–Crippen LogP) is 5.84. The molecule has 1 fully saturated rings. The van der Waals surface area contributed by atoms with Gasteiger partial charge in [0.2, 0.25) is 0 Å². The molecule has 1 amide bonds. The van der Waals surface area contributed by atoms with E-state index in [1.807, 2.05) is 32.9 Å². The first-order valence-electron chi connectivity index (χ1n) is 10.8. The monoisotopic (exact) mass is 428 g/mol. The van der Waals surface area contributed by atoms with E-state index in [0.717, 1.165) is 40.7 Å². The number of hydrogen-bond donors (Lipinski definition) is 1. The summed E-state index contributed by atoms with van der Waals surface area (Å²) in [6, 6.07) is 12.2. The highest BCUT2D eigenvalue weighted by atomic mass is 35.5. The van der Waals surface area contributed by atoms with Gasteiger partial charge in [0.1, 0.15) is 5.75 Å². The van der Waals surface area contributed by atoms with Crippen molar-refractivity contribution >= 4 is 23.2 Å². The van der Waals surface area contributed by atoms with Gasteiger partial charge in [0.15, 0.2) is 6.10 Å². The summed E-state index contributed by atoms with van der Waals surface area (Å²) in [5.41, 5.74) is 4.23. The fourth-order valence-corrected chi connectivity index (χ4v) is 4.15. The summed E-state index contributed by atoms with van der Waals surface area (Å²) in [6.07, 6.45) is 1.97. The maximum absolute atomic E-state index is 12.6. The average molecular weight is 429 g/mol. The molecule has 0 saturated carbocycles. The molecule has 0 radical (unpaired) electrons. The van der Waals surface area contributed by atoms with E-state index >= 15 is 0 Å². The number of halogens is 1. The van der Waals surface area contributed by atoms with E-state index in [1.54, 1.807) is 6.92 Å².